The number of hydrogen-bond acceptors (Lipinski definition) is 4. The van der Waals surface area contributed by atoms with E-state index < -0.39 is 0 Å². The number of aryl methyl sites for hydroxylation is 1. The number of likely N-dealkylation sites (tertiary alicyclic amines) is 1. The first kappa shape index (κ1) is 23.4. The molecule has 7 nitrogen and oxygen atoms in total. The van der Waals surface area contributed by atoms with Crippen LogP contribution in [0.2, 0.25) is 0 Å². The Hall–Kier alpha value is -1.84. The van der Waals surface area contributed by atoms with E-state index >= 15 is 0 Å². The van der Waals surface area contributed by atoms with Gasteiger partial charge in [-0.15, -0.1) is 24.0 Å². The molecule has 160 valence electrons. The van der Waals surface area contributed by atoms with E-state index in [2.05, 4.69) is 51.7 Å². The Kier molecular flexibility index (Phi) is 9.19. The lowest BCUT2D eigenvalue weighted by atomic mass is 10.1. The van der Waals surface area contributed by atoms with Crippen molar-refractivity contribution < 1.29 is 9.59 Å². The van der Waals surface area contributed by atoms with Crippen molar-refractivity contribution in [2.45, 2.75) is 45.6 Å². The van der Waals surface area contributed by atoms with Gasteiger partial charge in [-0.1, -0.05) is 17.7 Å². The van der Waals surface area contributed by atoms with Crippen molar-refractivity contribution in [1.29, 1.82) is 0 Å². The third-order valence-electron chi connectivity index (χ3n) is 5.25. The van der Waals surface area contributed by atoms with Crippen molar-refractivity contribution in [1.82, 2.24) is 15.5 Å². The van der Waals surface area contributed by atoms with Gasteiger partial charge >= 0.3 is 0 Å². The molecule has 8 heteroatoms. The number of aliphatic imine (C=N–C) groups is 1. The Morgan fingerprint density at radius 3 is 2.52 bits per heavy atom. The third kappa shape index (κ3) is 6.58. The van der Waals surface area contributed by atoms with Crippen LogP contribution in [-0.4, -0.2) is 61.4 Å². The number of nitrogens with one attached hydrogen (secondary N) is 2. The number of carbonyl (C=O) groups excluding carboxylic acids is 2. The summed E-state index contributed by atoms with van der Waals surface area (Å²) in [6.07, 6.45) is 2.64. The van der Waals surface area contributed by atoms with Gasteiger partial charge in [0.2, 0.25) is 11.8 Å². The van der Waals surface area contributed by atoms with Crippen molar-refractivity contribution in [2.24, 2.45) is 4.99 Å². The highest BCUT2D eigenvalue weighted by molar-refractivity contribution is 14.0. The number of benzene rings is 1. The van der Waals surface area contributed by atoms with Crippen LogP contribution < -0.4 is 15.5 Å². The van der Waals surface area contributed by atoms with E-state index in [1.54, 1.807) is 0 Å². The van der Waals surface area contributed by atoms with Crippen molar-refractivity contribution in [2.75, 3.05) is 37.6 Å². The molecule has 2 N–H and O–H groups in total. The van der Waals surface area contributed by atoms with E-state index in [9.17, 15) is 9.59 Å². The van der Waals surface area contributed by atoms with E-state index in [1.807, 2.05) is 6.92 Å². The average Bonchev–Trinajstić information content (AvgIpc) is 3.13. The van der Waals surface area contributed by atoms with Gasteiger partial charge in [-0.3, -0.25) is 19.5 Å². The summed E-state index contributed by atoms with van der Waals surface area (Å²) in [7, 11) is 0. The molecule has 29 heavy (non-hydrogen) atoms. The molecule has 2 amide bonds. The minimum atomic E-state index is -0.0751. The molecule has 2 aliphatic rings. The van der Waals surface area contributed by atoms with E-state index in [0.717, 1.165) is 32.0 Å². The molecule has 0 aliphatic carbocycles. The second-order valence-corrected chi connectivity index (χ2v) is 7.46. The summed E-state index contributed by atoms with van der Waals surface area (Å²) in [6, 6.07) is 8.94. The number of hydrogen-bond donors (Lipinski definition) is 2. The molecule has 0 aromatic heterocycles. The maximum atomic E-state index is 11.9. The summed E-state index contributed by atoms with van der Waals surface area (Å²) in [4.78, 5) is 32.1. The molecule has 2 aliphatic heterocycles. The number of imide groups is 1. The summed E-state index contributed by atoms with van der Waals surface area (Å²) in [5, 5.41) is 6.76. The lowest BCUT2D eigenvalue weighted by Gasteiger charge is -2.24. The van der Waals surface area contributed by atoms with E-state index in [4.69, 9.17) is 0 Å². The smallest absolute Gasteiger partial charge is 0.229 e. The lowest BCUT2D eigenvalue weighted by Crippen LogP contribution is -2.45. The van der Waals surface area contributed by atoms with E-state index in [1.165, 1.54) is 16.2 Å². The second kappa shape index (κ2) is 11.4. The first-order valence-corrected chi connectivity index (χ1v) is 10.3. The highest BCUT2D eigenvalue weighted by Crippen LogP contribution is 2.20. The molecule has 2 heterocycles. The molecule has 0 spiro atoms. The van der Waals surface area contributed by atoms with E-state index in [0.29, 0.717) is 38.4 Å². The molecule has 1 aromatic rings. The third-order valence-corrected chi connectivity index (χ3v) is 5.25. The predicted molar refractivity (Wildman–Crippen MR) is 127 cm³/mol. The van der Waals surface area contributed by atoms with Crippen molar-refractivity contribution in [3.8, 4) is 0 Å². The highest BCUT2D eigenvalue weighted by Gasteiger charge is 2.26. The zero-order valence-electron chi connectivity index (χ0n) is 17.3. The zero-order chi connectivity index (χ0) is 19.9. The lowest BCUT2D eigenvalue weighted by molar-refractivity contribution is -0.147. The van der Waals surface area contributed by atoms with Gasteiger partial charge < -0.3 is 15.5 Å². The Morgan fingerprint density at radius 2 is 1.86 bits per heavy atom. The Bertz CT molecular complexity index is 706. The standard InChI is InChI=1S/C21H31N5O2.HI/c1-3-22-21(23-12-14-26-19(27)5-4-6-20(26)28)24-17-11-13-25(15-17)18-9-7-16(2)8-10-18;/h7-10,17H,3-6,11-15H2,1-2H3,(H2,22,23,24);1H. The van der Waals surface area contributed by atoms with Gasteiger partial charge in [0.05, 0.1) is 6.54 Å². The van der Waals surface area contributed by atoms with Crippen molar-refractivity contribution in [3.63, 3.8) is 0 Å². The molecule has 2 fully saturated rings. The number of carbonyl (C=O) groups is 2. The monoisotopic (exact) mass is 513 g/mol. The Labute approximate surface area is 190 Å². The number of piperidine rings is 1. The highest BCUT2D eigenvalue weighted by atomic mass is 127. The summed E-state index contributed by atoms with van der Waals surface area (Å²) in [5.41, 5.74) is 2.52. The molecule has 0 radical (unpaired) electrons. The van der Waals surface area contributed by atoms with Crippen LogP contribution in [0.25, 0.3) is 0 Å². The molecule has 1 atom stereocenters. The van der Waals surface area contributed by atoms with Gasteiger partial charge in [0.1, 0.15) is 0 Å². The summed E-state index contributed by atoms with van der Waals surface area (Å²) >= 11 is 0. The number of amides is 2. The molecule has 0 bridgehead atoms. The van der Waals surface area contributed by atoms with Crippen LogP contribution in [0.1, 0.15) is 38.2 Å². The van der Waals surface area contributed by atoms with Gasteiger partial charge in [-0.05, 0) is 38.8 Å². The number of guanidine groups is 1. The number of nitrogens with zero attached hydrogens (tertiary/aromatic N) is 3. The topological polar surface area (TPSA) is 77.0 Å². The summed E-state index contributed by atoms with van der Waals surface area (Å²) in [5.74, 6) is 0.595. The molecular weight excluding hydrogens is 481 g/mol. The average molecular weight is 513 g/mol. The van der Waals surface area contributed by atoms with Crippen LogP contribution in [0, 0.1) is 6.92 Å². The SMILES string of the molecule is CCNC(=NCCN1C(=O)CCCC1=O)NC1CCN(c2ccc(C)cc2)C1.I. The molecular formula is C21H32IN5O2. The maximum Gasteiger partial charge on any atom is 0.229 e. The molecule has 1 unspecified atom stereocenters. The summed E-state index contributed by atoms with van der Waals surface area (Å²) < 4.78 is 0. The van der Waals surface area contributed by atoms with Crippen molar-refractivity contribution in [3.05, 3.63) is 29.8 Å². The molecule has 3 rings (SSSR count). The molecule has 1 aromatic carbocycles. The fraction of sp³-hybridized carbons (Fsp3) is 0.571. The fourth-order valence-electron chi connectivity index (χ4n) is 3.69. The van der Waals surface area contributed by atoms with E-state index in [-0.39, 0.29) is 35.8 Å². The predicted octanol–water partition coefficient (Wildman–Crippen LogP) is 2.29. The zero-order valence-corrected chi connectivity index (χ0v) is 19.6. The maximum absolute atomic E-state index is 11.9. The minimum Gasteiger partial charge on any atom is -0.369 e. The number of rotatable bonds is 6. The van der Waals surface area contributed by atoms with Crippen LogP contribution in [0.3, 0.4) is 0 Å². The van der Waals surface area contributed by atoms with Crippen LogP contribution in [0.15, 0.2) is 29.3 Å². The minimum absolute atomic E-state index is 0. The van der Waals surface area contributed by atoms with Crippen LogP contribution in [-0.2, 0) is 9.59 Å². The first-order valence-electron chi connectivity index (χ1n) is 10.3. The van der Waals surface area contributed by atoms with Crippen LogP contribution >= 0.6 is 24.0 Å². The number of anilines is 1. The van der Waals surface area contributed by atoms with Gasteiger partial charge in [0.25, 0.3) is 0 Å². The largest absolute Gasteiger partial charge is 0.369 e. The Balaban J connectivity index is 0.00000300. The fourth-order valence-corrected chi connectivity index (χ4v) is 3.69. The first-order chi connectivity index (χ1) is 13.6. The second-order valence-electron chi connectivity index (χ2n) is 7.46. The quantitative estimate of drug-likeness (QED) is 0.264. The van der Waals surface area contributed by atoms with Crippen molar-refractivity contribution >= 4 is 47.4 Å². The van der Waals surface area contributed by atoms with Crippen LogP contribution in [0.4, 0.5) is 5.69 Å². The molecule has 0 saturated carbocycles. The number of halogens is 1. The normalized spacial score (nSPS) is 19.9. The van der Waals surface area contributed by atoms with Gasteiger partial charge in [-0.2, -0.15) is 0 Å². The van der Waals surface area contributed by atoms with Gasteiger partial charge in [0.15, 0.2) is 5.96 Å². The molecule has 2 saturated heterocycles. The van der Waals surface area contributed by atoms with Crippen LogP contribution in [0.5, 0.6) is 0 Å². The summed E-state index contributed by atoms with van der Waals surface area (Å²) in [6.45, 7) is 7.61. The van der Waals surface area contributed by atoms with Gasteiger partial charge in [-0.25, -0.2) is 0 Å². The van der Waals surface area contributed by atoms with Gasteiger partial charge in [0, 0.05) is 50.7 Å². The Morgan fingerprint density at radius 1 is 1.17 bits per heavy atom.